The van der Waals surface area contributed by atoms with E-state index in [1.165, 1.54) is 0 Å². The van der Waals surface area contributed by atoms with E-state index in [4.69, 9.17) is 14.2 Å². The first-order chi connectivity index (χ1) is 11.7. The zero-order valence-electron chi connectivity index (χ0n) is 14.3. The van der Waals surface area contributed by atoms with Crippen LogP contribution in [-0.4, -0.2) is 25.2 Å². The molecule has 1 aromatic heterocycles. The summed E-state index contributed by atoms with van der Waals surface area (Å²) in [4.78, 5) is 16.4. The van der Waals surface area contributed by atoms with E-state index in [-0.39, 0.29) is 19.0 Å². The molecule has 1 aromatic carbocycles. The minimum atomic E-state index is -0.245. The van der Waals surface area contributed by atoms with E-state index in [9.17, 15) is 4.79 Å². The largest absolute Gasteiger partial charge is 0.493 e. The fraction of sp³-hybridized carbons (Fsp3) is 0.444. The third kappa shape index (κ3) is 4.96. The number of carbonyl (C=O) groups excluding carboxylic acids is 1. The third-order valence-corrected chi connectivity index (χ3v) is 4.48. The minimum Gasteiger partial charge on any atom is -0.493 e. The molecule has 0 N–H and O–H groups in total. The lowest BCUT2D eigenvalue weighted by Crippen LogP contribution is -2.07. The molecular weight excluding hydrogens is 326 g/mol. The number of esters is 1. The van der Waals surface area contributed by atoms with Crippen LogP contribution in [0, 0.1) is 0 Å². The van der Waals surface area contributed by atoms with E-state index in [2.05, 4.69) is 11.9 Å². The van der Waals surface area contributed by atoms with Gasteiger partial charge in [-0.2, -0.15) is 0 Å². The summed E-state index contributed by atoms with van der Waals surface area (Å²) in [6.45, 7) is 2.35. The predicted octanol–water partition coefficient (Wildman–Crippen LogP) is 3.79. The van der Waals surface area contributed by atoms with E-state index >= 15 is 0 Å². The SMILES string of the molecule is CCCc1nc(COC(=O)CCc2cccc(OC)c2OC)cs1. The highest BCUT2D eigenvalue weighted by Gasteiger charge is 2.12. The Labute approximate surface area is 146 Å². The van der Waals surface area contributed by atoms with Crippen LogP contribution in [0.1, 0.15) is 36.0 Å². The molecule has 130 valence electrons. The fourth-order valence-electron chi connectivity index (χ4n) is 2.36. The molecule has 2 rings (SSSR count). The molecule has 0 amide bonds. The van der Waals surface area contributed by atoms with Crippen molar-refractivity contribution in [2.24, 2.45) is 0 Å². The Morgan fingerprint density at radius 3 is 2.75 bits per heavy atom. The quantitative estimate of drug-likeness (QED) is 0.645. The zero-order chi connectivity index (χ0) is 17.4. The maximum Gasteiger partial charge on any atom is 0.306 e. The monoisotopic (exact) mass is 349 g/mol. The van der Waals surface area contributed by atoms with Gasteiger partial charge >= 0.3 is 5.97 Å². The molecule has 0 spiro atoms. The summed E-state index contributed by atoms with van der Waals surface area (Å²) in [6, 6.07) is 5.63. The minimum absolute atomic E-state index is 0.230. The normalized spacial score (nSPS) is 10.5. The van der Waals surface area contributed by atoms with Crippen molar-refractivity contribution in [3.63, 3.8) is 0 Å². The first-order valence-corrected chi connectivity index (χ1v) is 8.84. The highest BCUT2D eigenvalue weighted by atomic mass is 32.1. The molecule has 6 heteroatoms. The average molecular weight is 349 g/mol. The number of nitrogens with zero attached hydrogens (tertiary/aromatic N) is 1. The maximum absolute atomic E-state index is 12.0. The van der Waals surface area contributed by atoms with Gasteiger partial charge in [-0.1, -0.05) is 19.1 Å². The topological polar surface area (TPSA) is 57.7 Å². The third-order valence-electron chi connectivity index (χ3n) is 3.53. The highest BCUT2D eigenvalue weighted by molar-refractivity contribution is 7.09. The molecule has 0 saturated heterocycles. The van der Waals surface area contributed by atoms with Crippen LogP contribution in [0.3, 0.4) is 0 Å². The molecule has 0 aliphatic heterocycles. The van der Waals surface area contributed by atoms with Crippen LogP contribution in [0.25, 0.3) is 0 Å². The van der Waals surface area contributed by atoms with Crippen molar-refractivity contribution in [3.05, 3.63) is 39.8 Å². The van der Waals surface area contributed by atoms with Crippen molar-refractivity contribution in [2.75, 3.05) is 14.2 Å². The number of hydrogen-bond donors (Lipinski definition) is 0. The van der Waals surface area contributed by atoms with Crippen molar-refractivity contribution >= 4 is 17.3 Å². The van der Waals surface area contributed by atoms with Crippen molar-refractivity contribution in [1.82, 2.24) is 4.98 Å². The van der Waals surface area contributed by atoms with E-state index in [0.717, 1.165) is 29.1 Å². The van der Waals surface area contributed by atoms with Crippen molar-refractivity contribution in [3.8, 4) is 11.5 Å². The predicted molar refractivity (Wildman–Crippen MR) is 93.8 cm³/mol. The number of hydrogen-bond acceptors (Lipinski definition) is 6. The van der Waals surface area contributed by atoms with Crippen LogP contribution in [0.4, 0.5) is 0 Å². The van der Waals surface area contributed by atoms with Crippen LogP contribution < -0.4 is 9.47 Å². The number of carbonyl (C=O) groups is 1. The van der Waals surface area contributed by atoms with Gasteiger partial charge in [-0.05, 0) is 30.9 Å². The lowest BCUT2D eigenvalue weighted by molar-refractivity contribution is -0.145. The Morgan fingerprint density at radius 1 is 1.21 bits per heavy atom. The van der Waals surface area contributed by atoms with Crippen LogP contribution in [0.5, 0.6) is 11.5 Å². The number of benzene rings is 1. The number of rotatable bonds is 9. The molecule has 2 aromatic rings. The smallest absolute Gasteiger partial charge is 0.306 e. The molecule has 5 nitrogen and oxygen atoms in total. The summed E-state index contributed by atoms with van der Waals surface area (Å²) >= 11 is 1.61. The molecule has 0 aliphatic carbocycles. The number of thiazole rings is 1. The number of para-hydroxylation sites is 1. The van der Waals surface area contributed by atoms with Crippen LogP contribution >= 0.6 is 11.3 Å². The lowest BCUT2D eigenvalue weighted by atomic mass is 10.1. The van der Waals surface area contributed by atoms with E-state index in [0.29, 0.717) is 17.9 Å². The average Bonchev–Trinajstić information content (AvgIpc) is 3.05. The van der Waals surface area contributed by atoms with Gasteiger partial charge in [0.25, 0.3) is 0 Å². The van der Waals surface area contributed by atoms with Gasteiger partial charge in [-0.25, -0.2) is 4.98 Å². The van der Waals surface area contributed by atoms with Gasteiger partial charge in [0, 0.05) is 11.8 Å². The second kappa shape index (κ2) is 9.27. The van der Waals surface area contributed by atoms with Gasteiger partial charge in [0.05, 0.1) is 24.9 Å². The molecule has 0 saturated carbocycles. The van der Waals surface area contributed by atoms with E-state index in [1.54, 1.807) is 25.6 Å². The van der Waals surface area contributed by atoms with Crippen molar-refractivity contribution in [2.45, 2.75) is 39.2 Å². The summed E-state index contributed by atoms with van der Waals surface area (Å²) in [7, 11) is 3.19. The van der Waals surface area contributed by atoms with Gasteiger partial charge in [0.1, 0.15) is 6.61 Å². The van der Waals surface area contributed by atoms with Crippen LogP contribution in [0.15, 0.2) is 23.6 Å². The summed E-state index contributed by atoms with van der Waals surface area (Å²) in [5, 5.41) is 3.04. The second-order valence-electron chi connectivity index (χ2n) is 5.30. The van der Waals surface area contributed by atoms with Crippen molar-refractivity contribution < 1.29 is 19.0 Å². The van der Waals surface area contributed by atoms with Gasteiger partial charge in [-0.15, -0.1) is 11.3 Å². The van der Waals surface area contributed by atoms with Gasteiger partial charge in [0.2, 0.25) is 0 Å². The molecule has 0 radical (unpaired) electrons. The highest BCUT2D eigenvalue weighted by Crippen LogP contribution is 2.31. The molecule has 0 unspecified atom stereocenters. The molecule has 0 aliphatic rings. The van der Waals surface area contributed by atoms with Gasteiger partial charge < -0.3 is 14.2 Å². The van der Waals surface area contributed by atoms with Crippen LogP contribution in [-0.2, 0) is 29.0 Å². The summed E-state index contributed by atoms with van der Waals surface area (Å²) < 4.78 is 15.9. The lowest BCUT2D eigenvalue weighted by Gasteiger charge is -2.12. The molecule has 1 heterocycles. The number of ether oxygens (including phenoxy) is 3. The number of aryl methyl sites for hydroxylation is 2. The standard InChI is InChI=1S/C18H23NO4S/c1-4-6-16-19-14(12-24-16)11-23-17(20)10-9-13-7-5-8-15(21-2)18(13)22-3/h5,7-8,12H,4,6,9-11H2,1-3H3. The van der Waals surface area contributed by atoms with E-state index < -0.39 is 0 Å². The Balaban J connectivity index is 1.84. The second-order valence-corrected chi connectivity index (χ2v) is 6.24. The molecule has 24 heavy (non-hydrogen) atoms. The molecule has 0 atom stereocenters. The molecule has 0 fully saturated rings. The van der Waals surface area contributed by atoms with Crippen LogP contribution in [0.2, 0.25) is 0 Å². The van der Waals surface area contributed by atoms with Crippen molar-refractivity contribution in [1.29, 1.82) is 0 Å². The summed E-state index contributed by atoms with van der Waals surface area (Å²) in [6.07, 6.45) is 2.86. The van der Waals surface area contributed by atoms with Gasteiger partial charge in [-0.3, -0.25) is 4.79 Å². The Morgan fingerprint density at radius 2 is 2.04 bits per heavy atom. The molecule has 0 bridgehead atoms. The Bertz CT molecular complexity index is 669. The Hall–Kier alpha value is -2.08. The fourth-order valence-corrected chi connectivity index (χ4v) is 3.24. The first kappa shape index (κ1) is 18.3. The number of aromatic nitrogens is 1. The summed E-state index contributed by atoms with van der Waals surface area (Å²) in [5.74, 6) is 1.08. The Kier molecular flexibility index (Phi) is 7.06. The number of methoxy groups -OCH3 is 2. The maximum atomic E-state index is 12.0. The zero-order valence-corrected chi connectivity index (χ0v) is 15.1. The van der Waals surface area contributed by atoms with Gasteiger partial charge in [0.15, 0.2) is 11.5 Å². The molecular formula is C18H23NO4S. The first-order valence-electron chi connectivity index (χ1n) is 7.96. The van der Waals surface area contributed by atoms with E-state index in [1.807, 2.05) is 23.6 Å². The summed E-state index contributed by atoms with van der Waals surface area (Å²) in [5.41, 5.74) is 1.74.